The smallest absolute Gasteiger partial charge is 0.259 e. The lowest BCUT2D eigenvalue weighted by molar-refractivity contribution is 0.886. The maximum atomic E-state index is 11.6. The van der Waals surface area contributed by atoms with E-state index in [1.165, 1.54) is 17.4 Å². The molecule has 0 radical (unpaired) electrons. The van der Waals surface area contributed by atoms with Gasteiger partial charge >= 0.3 is 0 Å². The number of pyridine rings is 1. The average Bonchev–Trinajstić information content (AvgIpc) is 2.36. The van der Waals surface area contributed by atoms with Crippen LogP contribution in [0.25, 0.3) is 10.8 Å². The molecule has 1 aromatic heterocycles. The monoisotopic (exact) mass is 232 g/mol. The molecule has 0 aliphatic heterocycles. The lowest BCUT2D eigenvalue weighted by Crippen LogP contribution is -2.19. The first-order valence-electron chi connectivity index (χ1n) is 5.96. The number of nitrogens with zero attached hydrogens (tertiary/aromatic N) is 1. The fraction of sp³-hybridized carbons (Fsp3) is 0.357. The lowest BCUT2D eigenvalue weighted by Gasteiger charge is -2.04. The Morgan fingerprint density at radius 3 is 2.35 bits per heavy atom. The van der Waals surface area contributed by atoms with Gasteiger partial charge in [0.05, 0.1) is 0 Å². The van der Waals surface area contributed by atoms with Crippen LogP contribution in [0, 0.1) is 0 Å². The molecule has 0 aliphatic rings. The van der Waals surface area contributed by atoms with E-state index in [-0.39, 0.29) is 5.56 Å². The second kappa shape index (κ2) is 6.09. The molecule has 0 bridgehead atoms. The number of anilines is 1. The number of aromatic nitrogens is 1. The van der Waals surface area contributed by atoms with Gasteiger partial charge in [0.2, 0.25) is 0 Å². The molecule has 1 heterocycles. The van der Waals surface area contributed by atoms with Crippen molar-refractivity contribution < 1.29 is 0 Å². The van der Waals surface area contributed by atoms with Gasteiger partial charge in [-0.15, -0.1) is 0 Å². The largest absolute Gasteiger partial charge is 0.385 e. The molecule has 0 saturated heterocycles. The summed E-state index contributed by atoms with van der Waals surface area (Å²) in [5, 5.41) is 1.60. The summed E-state index contributed by atoms with van der Waals surface area (Å²) in [5.41, 5.74) is 5.60. The summed E-state index contributed by atoms with van der Waals surface area (Å²) in [6.45, 7) is 4.36. The van der Waals surface area contributed by atoms with Crippen LogP contribution >= 0.6 is 0 Å². The van der Waals surface area contributed by atoms with Crippen LogP contribution in [0.5, 0.6) is 0 Å². The molecule has 3 nitrogen and oxygen atoms in total. The fourth-order valence-corrected chi connectivity index (χ4v) is 1.37. The first-order chi connectivity index (χ1) is 8.11. The molecular weight excluding hydrogens is 212 g/mol. The summed E-state index contributed by atoms with van der Waals surface area (Å²) >= 11 is 0. The molecule has 0 saturated carbocycles. The van der Waals surface area contributed by atoms with Crippen LogP contribution < -0.4 is 11.3 Å². The highest BCUT2D eigenvalue weighted by Gasteiger charge is 2.01. The van der Waals surface area contributed by atoms with E-state index in [1.807, 2.05) is 18.2 Å². The number of rotatable bonds is 1. The van der Waals surface area contributed by atoms with Gasteiger partial charge in [-0.05, 0) is 17.5 Å². The summed E-state index contributed by atoms with van der Waals surface area (Å²) in [6, 6.07) is 9.22. The van der Waals surface area contributed by atoms with Gasteiger partial charge < -0.3 is 5.73 Å². The number of benzene rings is 1. The Bertz CT molecular complexity index is 541. The van der Waals surface area contributed by atoms with Crippen molar-refractivity contribution in [2.45, 2.75) is 26.7 Å². The van der Waals surface area contributed by atoms with E-state index in [0.717, 1.165) is 5.39 Å². The Balaban J connectivity index is 0.000000317. The van der Waals surface area contributed by atoms with E-state index in [1.54, 1.807) is 19.2 Å². The van der Waals surface area contributed by atoms with Gasteiger partial charge in [-0.2, -0.15) is 0 Å². The van der Waals surface area contributed by atoms with Gasteiger partial charge in [0, 0.05) is 12.4 Å². The second-order valence-corrected chi connectivity index (χ2v) is 4.02. The minimum absolute atomic E-state index is 0.0457. The van der Waals surface area contributed by atoms with Gasteiger partial charge in [-0.25, -0.2) is 0 Å². The fourth-order valence-electron chi connectivity index (χ4n) is 1.37. The zero-order chi connectivity index (χ0) is 12.8. The summed E-state index contributed by atoms with van der Waals surface area (Å²) in [5.74, 6) is 0.490. The predicted molar refractivity (Wildman–Crippen MR) is 74.2 cm³/mol. The van der Waals surface area contributed by atoms with Crippen LogP contribution in [0.1, 0.15) is 26.7 Å². The highest BCUT2D eigenvalue weighted by atomic mass is 16.1. The molecule has 2 rings (SSSR count). The third kappa shape index (κ3) is 3.09. The van der Waals surface area contributed by atoms with E-state index in [0.29, 0.717) is 11.2 Å². The first-order valence-corrected chi connectivity index (χ1v) is 5.96. The highest BCUT2D eigenvalue weighted by Crippen LogP contribution is 2.11. The highest BCUT2D eigenvalue weighted by molar-refractivity contribution is 5.83. The molecule has 0 fully saturated rings. The molecule has 0 aliphatic carbocycles. The number of fused-ring (bicyclic) bond motifs is 1. The average molecular weight is 232 g/mol. The van der Waals surface area contributed by atoms with Crippen molar-refractivity contribution in [3.05, 3.63) is 40.7 Å². The van der Waals surface area contributed by atoms with E-state index < -0.39 is 0 Å². The number of unbranched alkanes of at least 4 members (excludes halogenated alkanes) is 1. The van der Waals surface area contributed by atoms with Gasteiger partial charge in [0.25, 0.3) is 5.56 Å². The Kier molecular flexibility index (Phi) is 4.76. The van der Waals surface area contributed by atoms with Crippen LogP contribution in [0.2, 0.25) is 0 Å². The van der Waals surface area contributed by atoms with Crippen LogP contribution in [0.3, 0.4) is 0 Å². The molecule has 17 heavy (non-hydrogen) atoms. The summed E-state index contributed by atoms with van der Waals surface area (Å²) in [6.07, 6.45) is 2.64. The van der Waals surface area contributed by atoms with Crippen LogP contribution in [-0.2, 0) is 7.05 Å². The van der Waals surface area contributed by atoms with Crippen molar-refractivity contribution in [2.75, 3.05) is 5.73 Å². The van der Waals surface area contributed by atoms with E-state index in [4.69, 9.17) is 5.73 Å². The number of nitrogens with two attached hydrogens (primary N) is 1. The Hall–Kier alpha value is -1.77. The lowest BCUT2D eigenvalue weighted by atomic mass is 10.2. The topological polar surface area (TPSA) is 48.0 Å². The molecule has 0 unspecified atom stereocenters. The molecule has 0 amide bonds. The SMILES string of the molecule is CCCC.Cn1c(N)cc2ccccc2c1=O. The third-order valence-corrected chi connectivity index (χ3v) is 2.69. The molecule has 0 spiro atoms. The van der Waals surface area contributed by atoms with E-state index in [9.17, 15) is 4.79 Å². The molecule has 0 atom stereocenters. The van der Waals surface area contributed by atoms with Crippen LogP contribution in [0.15, 0.2) is 35.1 Å². The maximum Gasteiger partial charge on any atom is 0.259 e. The van der Waals surface area contributed by atoms with Gasteiger partial charge in [0.15, 0.2) is 0 Å². The summed E-state index contributed by atoms with van der Waals surface area (Å²) < 4.78 is 1.45. The second-order valence-electron chi connectivity index (χ2n) is 4.02. The number of hydrogen-bond acceptors (Lipinski definition) is 2. The van der Waals surface area contributed by atoms with Crippen molar-refractivity contribution in [1.29, 1.82) is 0 Å². The van der Waals surface area contributed by atoms with Crippen molar-refractivity contribution in [1.82, 2.24) is 4.57 Å². The first kappa shape index (κ1) is 13.3. The minimum Gasteiger partial charge on any atom is -0.385 e. The number of nitrogen functional groups attached to an aromatic ring is 1. The molecule has 2 aromatic rings. The van der Waals surface area contributed by atoms with Crippen molar-refractivity contribution in [3.63, 3.8) is 0 Å². The van der Waals surface area contributed by atoms with Crippen molar-refractivity contribution in [2.24, 2.45) is 7.05 Å². The van der Waals surface area contributed by atoms with Crippen molar-refractivity contribution in [3.8, 4) is 0 Å². The quantitative estimate of drug-likeness (QED) is 0.821. The normalized spacial score (nSPS) is 9.82. The summed E-state index contributed by atoms with van der Waals surface area (Å²) in [7, 11) is 1.67. The predicted octanol–water partition coefficient (Wildman–Crippen LogP) is 2.93. The van der Waals surface area contributed by atoms with Crippen LogP contribution in [-0.4, -0.2) is 4.57 Å². The number of hydrogen-bond donors (Lipinski definition) is 1. The van der Waals surface area contributed by atoms with E-state index >= 15 is 0 Å². The molecule has 1 aromatic carbocycles. The van der Waals surface area contributed by atoms with Crippen molar-refractivity contribution >= 4 is 16.6 Å². The molecule has 2 N–H and O–H groups in total. The standard InChI is InChI=1S/C10H10N2O.C4H10/c1-12-9(11)6-7-4-2-3-5-8(7)10(12)13;1-3-4-2/h2-6H,11H2,1H3;3-4H2,1-2H3. The third-order valence-electron chi connectivity index (χ3n) is 2.69. The van der Waals surface area contributed by atoms with E-state index in [2.05, 4.69) is 13.8 Å². The maximum absolute atomic E-state index is 11.6. The Morgan fingerprint density at radius 1 is 1.18 bits per heavy atom. The minimum atomic E-state index is -0.0457. The molecular formula is C14H20N2O. The molecule has 3 heteroatoms. The molecule has 92 valence electrons. The zero-order valence-corrected chi connectivity index (χ0v) is 10.7. The summed E-state index contributed by atoms with van der Waals surface area (Å²) in [4.78, 5) is 11.6. The zero-order valence-electron chi connectivity index (χ0n) is 10.7. The van der Waals surface area contributed by atoms with Crippen LogP contribution in [0.4, 0.5) is 5.82 Å². The van der Waals surface area contributed by atoms with Gasteiger partial charge in [-0.1, -0.05) is 44.9 Å². The van der Waals surface area contributed by atoms with Gasteiger partial charge in [0.1, 0.15) is 5.82 Å². The van der Waals surface area contributed by atoms with Gasteiger partial charge in [-0.3, -0.25) is 9.36 Å². The Morgan fingerprint density at radius 2 is 1.76 bits per heavy atom. The Labute approximate surface area is 102 Å².